The van der Waals surface area contributed by atoms with Crippen molar-refractivity contribution in [3.05, 3.63) is 48.0 Å². The largest absolute Gasteiger partial charge is 0.481 e. The second kappa shape index (κ2) is 4.94. The zero-order valence-corrected chi connectivity index (χ0v) is 11.4. The molecule has 0 spiro atoms. The molecule has 0 aliphatic heterocycles. The summed E-state index contributed by atoms with van der Waals surface area (Å²) in [5, 5.41) is 9.40. The highest BCUT2D eigenvalue weighted by molar-refractivity contribution is 7.22. The van der Waals surface area contributed by atoms with Gasteiger partial charge in [0.05, 0.1) is 16.6 Å². The number of aliphatic carboxylic acids is 1. The minimum Gasteiger partial charge on any atom is -0.481 e. The van der Waals surface area contributed by atoms with Crippen LogP contribution in [0.15, 0.2) is 42.5 Å². The minimum atomic E-state index is -0.829. The van der Waals surface area contributed by atoms with Gasteiger partial charge < -0.3 is 10.8 Å². The lowest BCUT2D eigenvalue weighted by molar-refractivity contribution is -0.136. The molecule has 0 saturated heterocycles. The summed E-state index contributed by atoms with van der Waals surface area (Å²) in [6.07, 6.45) is 0.0275. The third-order valence-corrected chi connectivity index (χ3v) is 3.89. The molecule has 0 radical (unpaired) electrons. The summed E-state index contributed by atoms with van der Waals surface area (Å²) < 4.78 is 1.05. The lowest BCUT2D eigenvalue weighted by atomic mass is 10.0. The Morgan fingerprint density at radius 1 is 1.20 bits per heavy atom. The molecule has 0 saturated carbocycles. The molecule has 1 heterocycles. The Morgan fingerprint density at radius 2 is 2.00 bits per heavy atom. The van der Waals surface area contributed by atoms with Crippen LogP contribution in [0.2, 0.25) is 0 Å². The Kier molecular flexibility index (Phi) is 3.12. The molecule has 3 N–H and O–H groups in total. The molecule has 20 heavy (non-hydrogen) atoms. The van der Waals surface area contributed by atoms with Crippen LogP contribution in [0.1, 0.15) is 5.56 Å². The number of benzene rings is 2. The van der Waals surface area contributed by atoms with Crippen LogP contribution in [0.4, 0.5) is 5.13 Å². The molecule has 0 unspecified atom stereocenters. The van der Waals surface area contributed by atoms with Crippen molar-refractivity contribution in [3.63, 3.8) is 0 Å². The van der Waals surface area contributed by atoms with Crippen LogP contribution in [0, 0.1) is 0 Å². The van der Waals surface area contributed by atoms with Crippen LogP contribution in [-0.2, 0) is 11.2 Å². The van der Waals surface area contributed by atoms with E-state index in [1.165, 1.54) is 11.3 Å². The summed E-state index contributed by atoms with van der Waals surface area (Å²) >= 11 is 1.46. The molecular formula is C15H12N2O2S. The molecule has 2 aromatic carbocycles. The van der Waals surface area contributed by atoms with Gasteiger partial charge in [-0.05, 0) is 28.8 Å². The van der Waals surface area contributed by atoms with Crippen LogP contribution in [0.25, 0.3) is 21.3 Å². The molecule has 3 rings (SSSR count). The Morgan fingerprint density at radius 3 is 2.80 bits per heavy atom. The average Bonchev–Trinajstić information content (AvgIpc) is 2.77. The van der Waals surface area contributed by atoms with E-state index in [9.17, 15) is 4.79 Å². The van der Waals surface area contributed by atoms with Crippen LogP contribution in [-0.4, -0.2) is 16.1 Å². The van der Waals surface area contributed by atoms with E-state index >= 15 is 0 Å². The fourth-order valence-electron chi connectivity index (χ4n) is 2.16. The predicted octanol–water partition coefficient (Wildman–Crippen LogP) is 3.17. The topological polar surface area (TPSA) is 76.2 Å². The highest BCUT2D eigenvalue weighted by Gasteiger charge is 2.06. The summed E-state index contributed by atoms with van der Waals surface area (Å²) in [5.74, 6) is -0.829. The van der Waals surface area contributed by atoms with Crippen LogP contribution in [0.3, 0.4) is 0 Å². The molecule has 4 nitrogen and oxygen atoms in total. The van der Waals surface area contributed by atoms with Crippen LogP contribution >= 0.6 is 11.3 Å². The number of anilines is 1. The lowest BCUT2D eigenvalue weighted by Crippen LogP contribution is -1.99. The molecule has 0 fully saturated rings. The zero-order valence-electron chi connectivity index (χ0n) is 10.5. The maximum absolute atomic E-state index is 10.8. The van der Waals surface area contributed by atoms with Crippen molar-refractivity contribution in [2.24, 2.45) is 0 Å². The van der Waals surface area contributed by atoms with E-state index in [1.807, 2.05) is 42.5 Å². The summed E-state index contributed by atoms with van der Waals surface area (Å²) in [6.45, 7) is 0. The fraction of sp³-hybridized carbons (Fsp3) is 0.0667. The predicted molar refractivity (Wildman–Crippen MR) is 80.8 cm³/mol. The van der Waals surface area contributed by atoms with E-state index in [4.69, 9.17) is 10.8 Å². The summed E-state index contributed by atoms with van der Waals surface area (Å²) in [6, 6.07) is 13.5. The Balaban J connectivity index is 2.03. The molecule has 100 valence electrons. The van der Waals surface area contributed by atoms with Gasteiger partial charge in [-0.15, -0.1) is 0 Å². The summed E-state index contributed by atoms with van der Waals surface area (Å²) in [5.41, 5.74) is 9.35. The van der Waals surface area contributed by atoms with E-state index in [0.29, 0.717) is 5.13 Å². The molecular weight excluding hydrogens is 272 g/mol. The second-order valence-corrected chi connectivity index (χ2v) is 5.57. The maximum atomic E-state index is 10.8. The third-order valence-electron chi connectivity index (χ3n) is 3.02. The number of thiazole rings is 1. The quantitative estimate of drug-likeness (QED) is 0.774. The molecule has 0 amide bonds. The van der Waals surface area contributed by atoms with Crippen molar-refractivity contribution in [1.29, 1.82) is 0 Å². The van der Waals surface area contributed by atoms with Crippen molar-refractivity contribution >= 4 is 32.7 Å². The number of nitrogen functional groups attached to an aromatic ring is 1. The molecule has 1 aromatic heterocycles. The highest BCUT2D eigenvalue weighted by Crippen LogP contribution is 2.29. The molecule has 0 aliphatic carbocycles. The van der Waals surface area contributed by atoms with Crippen LogP contribution in [0.5, 0.6) is 0 Å². The lowest BCUT2D eigenvalue weighted by Gasteiger charge is -2.04. The molecule has 3 aromatic rings. The number of aromatic nitrogens is 1. The first-order valence-electron chi connectivity index (χ1n) is 6.09. The Labute approximate surface area is 119 Å². The van der Waals surface area contributed by atoms with E-state index in [-0.39, 0.29) is 6.42 Å². The summed E-state index contributed by atoms with van der Waals surface area (Å²) in [4.78, 5) is 15.0. The molecule has 0 bridgehead atoms. The second-order valence-electron chi connectivity index (χ2n) is 4.51. The van der Waals surface area contributed by atoms with E-state index in [0.717, 1.165) is 26.9 Å². The van der Waals surface area contributed by atoms with Gasteiger partial charge in [-0.2, -0.15) is 0 Å². The average molecular weight is 284 g/mol. The van der Waals surface area contributed by atoms with Gasteiger partial charge in [-0.25, -0.2) is 4.98 Å². The van der Waals surface area contributed by atoms with E-state index in [2.05, 4.69) is 4.98 Å². The van der Waals surface area contributed by atoms with Gasteiger partial charge in [0.2, 0.25) is 0 Å². The smallest absolute Gasteiger partial charge is 0.307 e. The van der Waals surface area contributed by atoms with Crippen molar-refractivity contribution in [3.8, 4) is 11.1 Å². The Hall–Kier alpha value is -2.40. The van der Waals surface area contributed by atoms with E-state index in [1.54, 1.807) is 0 Å². The van der Waals surface area contributed by atoms with Crippen molar-refractivity contribution in [2.45, 2.75) is 6.42 Å². The fourth-order valence-corrected chi connectivity index (χ4v) is 2.87. The first-order valence-corrected chi connectivity index (χ1v) is 6.90. The number of hydrogen-bond donors (Lipinski definition) is 2. The van der Waals surface area contributed by atoms with Gasteiger partial charge in [-0.1, -0.05) is 41.7 Å². The maximum Gasteiger partial charge on any atom is 0.307 e. The number of hydrogen-bond acceptors (Lipinski definition) is 4. The first kappa shape index (κ1) is 12.6. The SMILES string of the molecule is Nc1nc2cc(-c3cccc(CC(=O)O)c3)ccc2s1. The third kappa shape index (κ3) is 2.48. The van der Waals surface area contributed by atoms with Crippen LogP contribution < -0.4 is 5.73 Å². The standard InChI is InChI=1S/C15H12N2O2S/c16-15-17-12-8-11(4-5-13(12)20-15)10-3-1-2-9(6-10)7-14(18)19/h1-6,8H,7H2,(H2,16,17)(H,18,19). The van der Waals surface area contributed by atoms with Gasteiger partial charge in [-0.3, -0.25) is 4.79 Å². The highest BCUT2D eigenvalue weighted by atomic mass is 32.1. The van der Waals surface area contributed by atoms with Crippen molar-refractivity contribution in [2.75, 3.05) is 5.73 Å². The normalized spacial score (nSPS) is 10.8. The van der Waals surface area contributed by atoms with Gasteiger partial charge >= 0.3 is 5.97 Å². The molecule has 5 heteroatoms. The van der Waals surface area contributed by atoms with Crippen molar-refractivity contribution in [1.82, 2.24) is 4.98 Å². The first-order chi connectivity index (χ1) is 9.61. The number of nitrogens with two attached hydrogens (primary N) is 1. The molecule has 0 aliphatic rings. The minimum absolute atomic E-state index is 0.0275. The zero-order chi connectivity index (χ0) is 14.1. The van der Waals surface area contributed by atoms with Gasteiger partial charge in [0, 0.05) is 0 Å². The van der Waals surface area contributed by atoms with Gasteiger partial charge in [0.15, 0.2) is 5.13 Å². The van der Waals surface area contributed by atoms with E-state index < -0.39 is 5.97 Å². The number of nitrogens with zero attached hydrogens (tertiary/aromatic N) is 1. The monoisotopic (exact) mass is 284 g/mol. The number of fused-ring (bicyclic) bond motifs is 1. The van der Waals surface area contributed by atoms with Gasteiger partial charge in [0.25, 0.3) is 0 Å². The summed E-state index contributed by atoms with van der Waals surface area (Å²) in [7, 11) is 0. The Bertz CT molecular complexity index is 795. The number of carboxylic acids is 1. The molecule has 0 atom stereocenters. The van der Waals surface area contributed by atoms with Crippen molar-refractivity contribution < 1.29 is 9.90 Å². The number of carbonyl (C=O) groups is 1. The number of carboxylic acid groups (broad SMARTS) is 1. The van der Waals surface area contributed by atoms with Gasteiger partial charge in [0.1, 0.15) is 0 Å². The number of rotatable bonds is 3.